The van der Waals surface area contributed by atoms with E-state index >= 15 is 0 Å². The predicted octanol–water partition coefficient (Wildman–Crippen LogP) is 7.26. The van der Waals surface area contributed by atoms with E-state index in [-0.39, 0.29) is 37.0 Å². The van der Waals surface area contributed by atoms with E-state index in [9.17, 15) is 26.3 Å². The molecule has 0 aromatic heterocycles. The number of rotatable bonds is 6. The Labute approximate surface area is 177 Å². The predicted molar refractivity (Wildman–Crippen MR) is 105 cm³/mol. The minimum Gasteiger partial charge on any atom is -0.429 e. The maximum Gasteiger partial charge on any atom is 0.419 e. The third kappa shape index (κ3) is 5.27. The third-order valence-corrected chi connectivity index (χ3v) is 6.26. The lowest BCUT2D eigenvalue weighted by molar-refractivity contribution is -0.240. The summed E-state index contributed by atoms with van der Waals surface area (Å²) >= 11 is 0. The molecule has 0 N–H and O–H groups in total. The van der Waals surface area contributed by atoms with Crippen LogP contribution in [-0.4, -0.2) is 18.8 Å². The van der Waals surface area contributed by atoms with E-state index in [1.807, 2.05) is 0 Å². The highest BCUT2D eigenvalue weighted by Gasteiger charge is 2.46. The second kappa shape index (κ2) is 9.27. The summed E-state index contributed by atoms with van der Waals surface area (Å²) in [6, 6.07) is 1.95. The van der Waals surface area contributed by atoms with Crippen LogP contribution in [0.1, 0.15) is 55.6 Å². The van der Waals surface area contributed by atoms with Gasteiger partial charge in [0.1, 0.15) is 0 Å². The van der Waals surface area contributed by atoms with Crippen molar-refractivity contribution in [3.8, 4) is 5.75 Å². The molecule has 1 aromatic rings. The highest BCUT2D eigenvalue weighted by molar-refractivity contribution is 5.42. The Balaban J connectivity index is 1.85. The van der Waals surface area contributed by atoms with Crippen molar-refractivity contribution >= 4 is 0 Å². The van der Waals surface area contributed by atoms with Gasteiger partial charge in [-0.3, -0.25) is 0 Å². The van der Waals surface area contributed by atoms with Crippen molar-refractivity contribution in [1.29, 1.82) is 0 Å². The first kappa shape index (κ1) is 23.7. The van der Waals surface area contributed by atoms with Gasteiger partial charge < -0.3 is 9.47 Å². The number of ether oxygens (including phenoxy) is 2. The van der Waals surface area contributed by atoms with Crippen LogP contribution in [0.3, 0.4) is 0 Å². The van der Waals surface area contributed by atoms with Crippen molar-refractivity contribution in [1.82, 2.24) is 0 Å². The molecule has 0 radical (unpaired) electrons. The van der Waals surface area contributed by atoms with Crippen LogP contribution >= 0.6 is 0 Å². The van der Waals surface area contributed by atoms with Crippen LogP contribution in [0.5, 0.6) is 5.75 Å². The molecular weight excluding hydrogens is 422 g/mol. The molecule has 8 heteroatoms. The molecular formula is C23H26F6O2. The Hall–Kier alpha value is -1.96. The number of halogens is 6. The number of alkyl halides is 5. The molecule has 0 spiro atoms. The monoisotopic (exact) mass is 448 g/mol. The van der Waals surface area contributed by atoms with Gasteiger partial charge in [0.15, 0.2) is 11.6 Å². The average Bonchev–Trinajstić information content (AvgIpc) is 2.74. The summed E-state index contributed by atoms with van der Waals surface area (Å²) in [5.41, 5.74) is -1.73. The summed E-state index contributed by atoms with van der Waals surface area (Å²) in [5, 5.41) is 0. The molecule has 1 aliphatic heterocycles. The highest BCUT2D eigenvalue weighted by atomic mass is 19.4. The second-order valence-corrected chi connectivity index (χ2v) is 8.23. The van der Waals surface area contributed by atoms with Crippen molar-refractivity contribution < 1.29 is 35.8 Å². The summed E-state index contributed by atoms with van der Waals surface area (Å²) < 4.78 is 95.0. The molecule has 1 saturated carbocycles. The number of hydrogen-bond acceptors (Lipinski definition) is 2. The van der Waals surface area contributed by atoms with Crippen molar-refractivity contribution in [3.63, 3.8) is 0 Å². The minimum atomic E-state index is -5.03. The lowest BCUT2D eigenvalue weighted by atomic mass is 9.77. The van der Waals surface area contributed by atoms with Crippen LogP contribution < -0.4 is 4.74 Å². The zero-order valence-electron chi connectivity index (χ0n) is 17.1. The van der Waals surface area contributed by atoms with Gasteiger partial charge in [0, 0.05) is 0 Å². The van der Waals surface area contributed by atoms with Gasteiger partial charge in [0.25, 0.3) is 0 Å². The van der Waals surface area contributed by atoms with Gasteiger partial charge in [0.05, 0.1) is 24.2 Å². The number of benzene rings is 1. The lowest BCUT2D eigenvalue weighted by Crippen LogP contribution is -2.41. The van der Waals surface area contributed by atoms with Crippen LogP contribution in [0.4, 0.5) is 26.3 Å². The van der Waals surface area contributed by atoms with Gasteiger partial charge in [-0.25, -0.2) is 4.39 Å². The molecule has 3 rings (SSSR count). The van der Waals surface area contributed by atoms with E-state index in [2.05, 4.69) is 17.9 Å². The molecule has 1 saturated heterocycles. The summed E-state index contributed by atoms with van der Waals surface area (Å²) in [6.45, 7) is 6.88. The molecule has 2 unspecified atom stereocenters. The minimum absolute atomic E-state index is 0.0159. The fourth-order valence-corrected chi connectivity index (χ4v) is 4.40. The van der Waals surface area contributed by atoms with Crippen LogP contribution in [0, 0.1) is 17.7 Å². The molecule has 1 aliphatic carbocycles. The smallest absolute Gasteiger partial charge is 0.419 e. The molecule has 172 valence electrons. The Morgan fingerprint density at radius 2 is 1.61 bits per heavy atom. The SMILES string of the molecule is C=CC1CCC(c2ccc(OC(F)(F)C3CCC(C=C)OC3)c(F)c2C(F)(F)F)CC1. The molecule has 2 aliphatic rings. The lowest BCUT2D eigenvalue weighted by Gasteiger charge is -2.33. The third-order valence-electron chi connectivity index (χ3n) is 6.26. The van der Waals surface area contributed by atoms with Gasteiger partial charge in [-0.2, -0.15) is 22.0 Å². The maximum absolute atomic E-state index is 14.9. The molecule has 1 heterocycles. The highest BCUT2D eigenvalue weighted by Crippen LogP contribution is 2.46. The van der Waals surface area contributed by atoms with Crippen LogP contribution in [0.2, 0.25) is 0 Å². The molecule has 31 heavy (non-hydrogen) atoms. The van der Waals surface area contributed by atoms with E-state index in [1.165, 1.54) is 6.08 Å². The zero-order valence-corrected chi connectivity index (χ0v) is 17.1. The number of allylic oxidation sites excluding steroid dienone is 1. The van der Waals surface area contributed by atoms with Crippen LogP contribution in [-0.2, 0) is 10.9 Å². The van der Waals surface area contributed by atoms with Gasteiger partial charge in [-0.15, -0.1) is 13.2 Å². The largest absolute Gasteiger partial charge is 0.429 e. The normalized spacial score (nSPS) is 27.5. The Kier molecular flexibility index (Phi) is 7.08. The van der Waals surface area contributed by atoms with Gasteiger partial charge in [-0.05, 0) is 62.0 Å². The molecule has 0 bridgehead atoms. The molecule has 1 aromatic carbocycles. The van der Waals surface area contributed by atoms with E-state index in [0.29, 0.717) is 25.7 Å². The number of hydrogen-bond donors (Lipinski definition) is 0. The maximum atomic E-state index is 14.9. The van der Waals surface area contributed by atoms with Gasteiger partial charge >= 0.3 is 12.3 Å². The molecule has 2 fully saturated rings. The zero-order chi connectivity index (χ0) is 22.8. The van der Waals surface area contributed by atoms with Crippen molar-refractivity contribution in [3.05, 3.63) is 54.4 Å². The van der Waals surface area contributed by atoms with E-state index < -0.39 is 41.3 Å². The Morgan fingerprint density at radius 3 is 2.13 bits per heavy atom. The first-order valence-electron chi connectivity index (χ1n) is 10.4. The Bertz CT molecular complexity index is 788. The molecule has 2 nitrogen and oxygen atoms in total. The van der Waals surface area contributed by atoms with Crippen LogP contribution in [0.15, 0.2) is 37.4 Å². The van der Waals surface area contributed by atoms with Crippen LogP contribution in [0.25, 0.3) is 0 Å². The van der Waals surface area contributed by atoms with E-state index in [4.69, 9.17) is 4.74 Å². The Morgan fingerprint density at radius 1 is 0.935 bits per heavy atom. The summed E-state index contributed by atoms with van der Waals surface area (Å²) in [5.74, 6) is -4.58. The van der Waals surface area contributed by atoms with Gasteiger partial charge in [-0.1, -0.05) is 18.2 Å². The van der Waals surface area contributed by atoms with Crippen molar-refractivity contribution in [2.24, 2.45) is 11.8 Å². The van der Waals surface area contributed by atoms with E-state index in [1.54, 1.807) is 6.08 Å². The van der Waals surface area contributed by atoms with Crippen molar-refractivity contribution in [2.45, 2.75) is 62.8 Å². The van der Waals surface area contributed by atoms with E-state index in [0.717, 1.165) is 12.1 Å². The standard InChI is InChI=1S/C23H26F6O2/c1-3-14-5-7-15(8-6-14)18-11-12-19(21(24)20(18)22(25,26)27)31-23(28,29)16-9-10-17(4-2)30-13-16/h3-4,11-12,14-17H,1-2,5-10,13H2. The molecule has 0 amide bonds. The summed E-state index contributed by atoms with van der Waals surface area (Å²) in [7, 11) is 0. The summed E-state index contributed by atoms with van der Waals surface area (Å²) in [4.78, 5) is 0. The van der Waals surface area contributed by atoms with Gasteiger partial charge in [0.2, 0.25) is 0 Å². The average molecular weight is 448 g/mol. The fraction of sp³-hybridized carbons (Fsp3) is 0.565. The second-order valence-electron chi connectivity index (χ2n) is 8.23. The van der Waals surface area contributed by atoms with Crippen molar-refractivity contribution in [2.75, 3.05) is 6.61 Å². The molecule has 2 atom stereocenters. The fourth-order valence-electron chi connectivity index (χ4n) is 4.40. The quantitative estimate of drug-likeness (QED) is 0.337. The first-order valence-corrected chi connectivity index (χ1v) is 10.4. The summed E-state index contributed by atoms with van der Waals surface area (Å²) in [6.07, 6.45) is -3.53. The first-order chi connectivity index (χ1) is 14.6. The topological polar surface area (TPSA) is 18.5 Å².